The van der Waals surface area contributed by atoms with Crippen LogP contribution in [0.2, 0.25) is 15.1 Å². The van der Waals surface area contributed by atoms with Gasteiger partial charge in [-0.05, 0) is 92.3 Å². The van der Waals surface area contributed by atoms with E-state index in [-0.39, 0.29) is 47.6 Å². The Kier molecular flexibility index (Phi) is 9.35. The molecule has 2 heterocycles. The molecule has 10 nitrogen and oxygen atoms in total. The van der Waals surface area contributed by atoms with E-state index in [4.69, 9.17) is 44.3 Å². The smallest absolute Gasteiger partial charge is 0.260 e. The topological polar surface area (TPSA) is 125 Å². The first kappa shape index (κ1) is 36.9. The van der Waals surface area contributed by atoms with E-state index in [9.17, 15) is 19.5 Å². The third-order valence-corrected chi connectivity index (χ3v) is 12.6. The zero-order valence-corrected chi connectivity index (χ0v) is 32.3. The van der Waals surface area contributed by atoms with Gasteiger partial charge in [0.05, 0.1) is 53.3 Å². The van der Waals surface area contributed by atoms with Gasteiger partial charge >= 0.3 is 0 Å². The third-order valence-electron chi connectivity index (χ3n) is 11.6. The number of halogens is 3. The van der Waals surface area contributed by atoms with E-state index in [1.807, 2.05) is 13.0 Å². The molecule has 0 unspecified atom stereocenters. The number of aromatic hydroxyl groups is 1. The number of benzene rings is 4. The molecular weight excluding hydrogens is 765 g/mol. The van der Waals surface area contributed by atoms with Crippen LogP contribution in [-0.4, -0.2) is 47.5 Å². The zero-order chi connectivity index (χ0) is 38.9. The van der Waals surface area contributed by atoms with Crippen molar-refractivity contribution < 1.29 is 33.8 Å². The highest BCUT2D eigenvalue weighted by Gasteiger charge is 2.70. The molecule has 4 aromatic rings. The Labute approximate surface area is 332 Å². The van der Waals surface area contributed by atoms with E-state index >= 15 is 4.79 Å². The lowest BCUT2D eigenvalue weighted by Crippen LogP contribution is -2.53. The number of hydrazine groups is 1. The van der Waals surface area contributed by atoms with Crippen LogP contribution in [0, 0.1) is 30.6 Å². The highest BCUT2D eigenvalue weighted by Crippen LogP contribution is 2.65. The number of rotatable bonds is 8. The summed E-state index contributed by atoms with van der Waals surface area (Å²) >= 11 is 19.2. The van der Waals surface area contributed by atoms with Crippen LogP contribution in [0.3, 0.4) is 0 Å². The number of nitrogens with zero attached hydrogens (tertiary/aromatic N) is 2. The largest absolute Gasteiger partial charge is 0.504 e. The van der Waals surface area contributed by atoms with Crippen LogP contribution in [0.15, 0.2) is 90.5 Å². The minimum absolute atomic E-state index is 0.0556. The SMILES string of the molecule is CCOc1cccc([C@H]2C3=CC[C@@H]4C(=O)N(c5ccc(C)c(Cl)c5)C(=O)[C@@H]4[C@@H]3C[C@H]3C(=O)N(Nc4ccc(Cl)cc4Cl)C(=O)[C@@]23c2ccc(OC)cc2)c1O. The zero-order valence-electron chi connectivity index (χ0n) is 30.0. The normalized spacial score (nSPS) is 25.7. The summed E-state index contributed by atoms with van der Waals surface area (Å²) in [7, 11) is 1.53. The standard InChI is InChI=1S/C42H36Cl3N3O7/c1-4-55-34-7-5-6-28(37(34)49)36-26-15-16-27-35(40(52)47(38(27)50)24-12-8-21(2)31(44)19-24)29(26)20-30-39(51)48(46-33-17-11-23(43)18-32(33)45)41(53)42(30,36)22-9-13-25(54-3)14-10-22/h5-15,17-19,27,29-30,35-36,46,49H,4,16,20H2,1-3H3/t27-,29+,30-,35-,36+,42+/m0/s1. The molecule has 4 aromatic carbocycles. The number of carbonyl (C=O) groups is 4. The van der Waals surface area contributed by atoms with E-state index in [0.29, 0.717) is 38.2 Å². The fourth-order valence-corrected chi connectivity index (χ4v) is 9.83. The molecular formula is C42H36Cl3N3O7. The lowest BCUT2D eigenvalue weighted by Gasteiger charge is -2.50. The van der Waals surface area contributed by atoms with Crippen molar-refractivity contribution in [2.45, 2.75) is 38.0 Å². The number of methoxy groups -OCH3 is 1. The number of amides is 4. The Hall–Kier alpha value is -5.03. The van der Waals surface area contributed by atoms with Crippen molar-refractivity contribution in [2.75, 3.05) is 24.0 Å². The fourth-order valence-electron chi connectivity index (χ4n) is 9.21. The van der Waals surface area contributed by atoms with Crippen molar-refractivity contribution in [1.82, 2.24) is 5.01 Å². The van der Waals surface area contributed by atoms with Gasteiger partial charge in [0.1, 0.15) is 5.75 Å². The van der Waals surface area contributed by atoms with Gasteiger partial charge < -0.3 is 14.6 Å². The van der Waals surface area contributed by atoms with Crippen LogP contribution in [0.5, 0.6) is 17.2 Å². The molecule has 282 valence electrons. The molecule has 2 aliphatic heterocycles. The second-order valence-electron chi connectivity index (χ2n) is 14.3. The number of para-hydroxylation sites is 1. The maximum Gasteiger partial charge on any atom is 0.260 e. The molecule has 4 amide bonds. The number of anilines is 2. The Morgan fingerprint density at radius 1 is 0.891 bits per heavy atom. The number of ether oxygens (including phenoxy) is 2. The molecule has 0 bridgehead atoms. The quantitative estimate of drug-likeness (QED) is 0.135. The van der Waals surface area contributed by atoms with E-state index in [0.717, 1.165) is 10.6 Å². The second kappa shape index (κ2) is 13.9. The molecule has 8 rings (SSSR count). The maximum absolute atomic E-state index is 15.5. The van der Waals surface area contributed by atoms with Crippen LogP contribution in [0.25, 0.3) is 0 Å². The first-order chi connectivity index (χ1) is 26.4. The molecule has 0 spiro atoms. The molecule has 6 atom stereocenters. The lowest BCUT2D eigenvalue weighted by molar-refractivity contribution is -0.138. The molecule has 0 radical (unpaired) electrons. The monoisotopic (exact) mass is 799 g/mol. The number of fused-ring (bicyclic) bond motifs is 4. The van der Waals surface area contributed by atoms with E-state index in [1.54, 1.807) is 79.7 Å². The summed E-state index contributed by atoms with van der Waals surface area (Å²) < 4.78 is 11.3. The number of hydrogen-bond acceptors (Lipinski definition) is 8. The highest BCUT2D eigenvalue weighted by molar-refractivity contribution is 6.36. The van der Waals surface area contributed by atoms with Crippen LogP contribution in [0.1, 0.15) is 42.4 Å². The molecule has 2 N–H and O–H groups in total. The van der Waals surface area contributed by atoms with Gasteiger partial charge in [-0.25, -0.2) is 4.90 Å². The summed E-state index contributed by atoms with van der Waals surface area (Å²) in [5.74, 6) is -5.65. The van der Waals surface area contributed by atoms with Gasteiger partial charge in [-0.2, -0.15) is 5.01 Å². The molecule has 0 aromatic heterocycles. The molecule has 13 heteroatoms. The van der Waals surface area contributed by atoms with Gasteiger partial charge in [-0.15, -0.1) is 0 Å². The summed E-state index contributed by atoms with van der Waals surface area (Å²) in [5, 5.41) is 13.9. The first-order valence-electron chi connectivity index (χ1n) is 18.0. The van der Waals surface area contributed by atoms with E-state index in [2.05, 4.69) is 5.43 Å². The van der Waals surface area contributed by atoms with Gasteiger partial charge in [0.15, 0.2) is 11.5 Å². The molecule has 4 aliphatic rings. The maximum atomic E-state index is 15.5. The number of imide groups is 2. The van der Waals surface area contributed by atoms with Crippen molar-refractivity contribution in [2.24, 2.45) is 23.7 Å². The Morgan fingerprint density at radius 2 is 1.65 bits per heavy atom. The summed E-state index contributed by atoms with van der Waals surface area (Å²) in [6.45, 7) is 3.89. The van der Waals surface area contributed by atoms with Crippen LogP contribution >= 0.6 is 34.8 Å². The summed E-state index contributed by atoms with van der Waals surface area (Å²) in [5.41, 5.74) is 4.28. The number of phenols is 1. The average Bonchev–Trinajstić information content (AvgIpc) is 3.55. The average molecular weight is 801 g/mol. The molecule has 3 fully saturated rings. The van der Waals surface area contributed by atoms with Gasteiger partial charge in [-0.3, -0.25) is 24.6 Å². The molecule has 1 saturated carbocycles. The number of phenolic OH excluding ortho intramolecular Hbond substituents is 1. The summed E-state index contributed by atoms with van der Waals surface area (Å²) in [6, 6.07) is 21.8. The minimum atomic E-state index is -1.65. The second-order valence-corrected chi connectivity index (χ2v) is 15.5. The van der Waals surface area contributed by atoms with Crippen molar-refractivity contribution >= 4 is 69.8 Å². The molecule has 2 saturated heterocycles. The van der Waals surface area contributed by atoms with Crippen LogP contribution in [-0.2, 0) is 24.6 Å². The first-order valence-corrected chi connectivity index (χ1v) is 19.1. The molecule has 2 aliphatic carbocycles. The van der Waals surface area contributed by atoms with Gasteiger partial charge in [-0.1, -0.05) is 76.8 Å². The van der Waals surface area contributed by atoms with Crippen molar-refractivity contribution in [1.29, 1.82) is 0 Å². The van der Waals surface area contributed by atoms with Gasteiger partial charge in [0, 0.05) is 21.5 Å². The predicted molar refractivity (Wildman–Crippen MR) is 209 cm³/mol. The minimum Gasteiger partial charge on any atom is -0.504 e. The Morgan fingerprint density at radius 3 is 2.35 bits per heavy atom. The number of carbonyl (C=O) groups excluding carboxylic acids is 4. The number of aryl methyl sites for hydroxylation is 1. The number of nitrogens with one attached hydrogen (secondary N) is 1. The van der Waals surface area contributed by atoms with Crippen LogP contribution in [0.4, 0.5) is 11.4 Å². The fraction of sp³-hybridized carbons (Fsp3) is 0.286. The van der Waals surface area contributed by atoms with E-state index < -0.39 is 52.7 Å². The Bertz CT molecular complexity index is 2310. The van der Waals surface area contributed by atoms with Crippen molar-refractivity contribution in [3.8, 4) is 17.2 Å². The number of allylic oxidation sites excluding steroid dienone is 2. The molecule has 55 heavy (non-hydrogen) atoms. The van der Waals surface area contributed by atoms with Gasteiger partial charge in [0.25, 0.3) is 11.8 Å². The van der Waals surface area contributed by atoms with Crippen LogP contribution < -0.4 is 19.8 Å². The lowest BCUT2D eigenvalue weighted by atomic mass is 9.49. The highest BCUT2D eigenvalue weighted by atomic mass is 35.5. The van der Waals surface area contributed by atoms with Crippen molar-refractivity contribution in [3.63, 3.8) is 0 Å². The predicted octanol–water partition coefficient (Wildman–Crippen LogP) is 8.26. The van der Waals surface area contributed by atoms with Gasteiger partial charge in [0.2, 0.25) is 11.8 Å². The third kappa shape index (κ3) is 5.59. The number of hydrogen-bond donors (Lipinski definition) is 2. The Balaban J connectivity index is 1.35. The van der Waals surface area contributed by atoms with E-state index in [1.165, 1.54) is 18.1 Å². The van der Waals surface area contributed by atoms with Crippen molar-refractivity contribution in [3.05, 3.63) is 122 Å². The summed E-state index contributed by atoms with van der Waals surface area (Å²) in [4.78, 5) is 60.5. The summed E-state index contributed by atoms with van der Waals surface area (Å²) in [6.07, 6.45) is 2.18.